The Bertz CT molecular complexity index is 1070. The van der Waals surface area contributed by atoms with Crippen LogP contribution < -0.4 is 15.6 Å². The Morgan fingerprint density at radius 2 is 1.94 bits per heavy atom. The third kappa shape index (κ3) is 6.21. The number of aryl methyl sites for hydroxylation is 1. The zero-order valence-electron chi connectivity index (χ0n) is 17.7. The molecule has 2 N–H and O–H groups in total. The first-order valence-corrected chi connectivity index (χ1v) is 11.3. The van der Waals surface area contributed by atoms with Crippen molar-refractivity contribution in [1.29, 1.82) is 0 Å². The summed E-state index contributed by atoms with van der Waals surface area (Å²) in [5.74, 6) is -0.623. The molecule has 168 valence electrons. The van der Waals surface area contributed by atoms with Crippen LogP contribution in [-0.2, 0) is 11.2 Å². The molecule has 1 aromatic heterocycles. The summed E-state index contributed by atoms with van der Waals surface area (Å²) in [5.41, 5.74) is 6.98. The standard InChI is InChI=1S/C21H23ClN6O3S/c1-3-4-5-14-6-9-16(10-7-14)28-21(25-26-27-28)32-13-19(29)23-24-20(30)17-12-15(22)8-11-18(17)31-2/h6-12H,3-5,13H2,1-2H3,(H,23,29)(H,24,30). The van der Waals surface area contributed by atoms with E-state index in [2.05, 4.69) is 33.3 Å². The number of amides is 2. The van der Waals surface area contributed by atoms with Crippen molar-refractivity contribution in [3.63, 3.8) is 0 Å². The third-order valence-corrected chi connectivity index (χ3v) is 5.65. The van der Waals surface area contributed by atoms with Gasteiger partial charge >= 0.3 is 0 Å². The molecule has 9 nitrogen and oxygen atoms in total. The van der Waals surface area contributed by atoms with E-state index in [0.717, 1.165) is 36.7 Å². The smallest absolute Gasteiger partial charge is 0.273 e. The van der Waals surface area contributed by atoms with Crippen LogP contribution in [0.15, 0.2) is 47.6 Å². The minimum atomic E-state index is -0.546. The van der Waals surface area contributed by atoms with Gasteiger partial charge in [0.15, 0.2) is 0 Å². The van der Waals surface area contributed by atoms with Gasteiger partial charge in [0.1, 0.15) is 5.75 Å². The van der Waals surface area contributed by atoms with E-state index in [0.29, 0.717) is 15.9 Å². The molecule has 0 radical (unpaired) electrons. The number of tetrazole rings is 1. The summed E-state index contributed by atoms with van der Waals surface area (Å²) in [5, 5.41) is 12.5. The predicted molar refractivity (Wildman–Crippen MR) is 122 cm³/mol. The lowest BCUT2D eigenvalue weighted by Gasteiger charge is -2.10. The number of hydrogen-bond acceptors (Lipinski definition) is 7. The fourth-order valence-electron chi connectivity index (χ4n) is 2.83. The number of ether oxygens (including phenoxy) is 1. The second kappa shape index (κ2) is 11.5. The van der Waals surface area contributed by atoms with Crippen molar-refractivity contribution in [2.75, 3.05) is 12.9 Å². The van der Waals surface area contributed by atoms with Crippen molar-refractivity contribution in [1.82, 2.24) is 31.1 Å². The summed E-state index contributed by atoms with van der Waals surface area (Å²) in [6, 6.07) is 12.6. The van der Waals surface area contributed by atoms with Gasteiger partial charge in [-0.25, -0.2) is 0 Å². The maximum atomic E-state index is 12.3. The number of hydrazine groups is 1. The quantitative estimate of drug-likeness (QED) is 0.361. The lowest BCUT2D eigenvalue weighted by Crippen LogP contribution is -2.42. The lowest BCUT2D eigenvalue weighted by molar-refractivity contribution is -0.119. The van der Waals surface area contributed by atoms with Gasteiger partial charge < -0.3 is 4.74 Å². The largest absolute Gasteiger partial charge is 0.496 e. The van der Waals surface area contributed by atoms with Crippen LogP contribution in [0.25, 0.3) is 5.69 Å². The van der Waals surface area contributed by atoms with Crippen LogP contribution in [-0.4, -0.2) is 44.9 Å². The molecule has 0 spiro atoms. The van der Waals surface area contributed by atoms with E-state index in [1.54, 1.807) is 16.8 Å². The summed E-state index contributed by atoms with van der Waals surface area (Å²) < 4.78 is 6.71. The van der Waals surface area contributed by atoms with Crippen molar-refractivity contribution < 1.29 is 14.3 Å². The average molecular weight is 475 g/mol. The first kappa shape index (κ1) is 23.6. The second-order valence-electron chi connectivity index (χ2n) is 6.78. The molecule has 3 rings (SSSR count). The molecule has 3 aromatic rings. The molecule has 0 saturated carbocycles. The van der Waals surface area contributed by atoms with Gasteiger partial charge in [-0.05, 0) is 59.2 Å². The molecule has 2 amide bonds. The van der Waals surface area contributed by atoms with Crippen molar-refractivity contribution in [2.24, 2.45) is 0 Å². The molecular weight excluding hydrogens is 452 g/mol. The fraction of sp³-hybridized carbons (Fsp3) is 0.286. The minimum absolute atomic E-state index is 0.00190. The second-order valence-corrected chi connectivity index (χ2v) is 8.16. The van der Waals surface area contributed by atoms with Crippen LogP contribution in [0.3, 0.4) is 0 Å². The van der Waals surface area contributed by atoms with Gasteiger partial charge in [0.25, 0.3) is 5.91 Å². The SMILES string of the molecule is CCCCc1ccc(-n2nnnc2SCC(=O)NNC(=O)c2cc(Cl)ccc2OC)cc1. The van der Waals surface area contributed by atoms with E-state index in [4.69, 9.17) is 16.3 Å². The van der Waals surface area contributed by atoms with Gasteiger partial charge in [0, 0.05) is 5.02 Å². The molecule has 0 bridgehead atoms. The normalized spacial score (nSPS) is 10.6. The number of unbranched alkanes of at least 4 members (excludes halogenated alkanes) is 1. The van der Waals surface area contributed by atoms with Crippen molar-refractivity contribution in [3.05, 3.63) is 58.6 Å². The fourth-order valence-corrected chi connectivity index (χ4v) is 3.70. The number of hydrogen-bond donors (Lipinski definition) is 2. The maximum Gasteiger partial charge on any atom is 0.273 e. The first-order chi connectivity index (χ1) is 15.5. The van der Waals surface area contributed by atoms with E-state index in [1.165, 1.54) is 18.7 Å². The van der Waals surface area contributed by atoms with Crippen LogP contribution in [0.4, 0.5) is 0 Å². The number of carbonyl (C=O) groups excluding carboxylic acids is 2. The zero-order valence-corrected chi connectivity index (χ0v) is 19.2. The summed E-state index contributed by atoms with van der Waals surface area (Å²) in [4.78, 5) is 24.5. The van der Waals surface area contributed by atoms with Gasteiger partial charge in [0.2, 0.25) is 11.1 Å². The van der Waals surface area contributed by atoms with E-state index >= 15 is 0 Å². The Morgan fingerprint density at radius 1 is 1.16 bits per heavy atom. The molecule has 0 unspecified atom stereocenters. The highest BCUT2D eigenvalue weighted by Crippen LogP contribution is 2.22. The van der Waals surface area contributed by atoms with Crippen LogP contribution in [0.2, 0.25) is 5.02 Å². The Kier molecular flexibility index (Phi) is 8.46. The van der Waals surface area contributed by atoms with Gasteiger partial charge in [-0.1, -0.05) is 48.8 Å². The highest BCUT2D eigenvalue weighted by Gasteiger charge is 2.15. The summed E-state index contributed by atoms with van der Waals surface area (Å²) in [6.07, 6.45) is 3.31. The molecule has 0 aliphatic heterocycles. The Labute approximate surface area is 194 Å². The number of benzene rings is 2. The van der Waals surface area contributed by atoms with E-state index in [9.17, 15) is 9.59 Å². The number of methoxy groups -OCH3 is 1. The molecular formula is C21H23ClN6O3S. The summed E-state index contributed by atoms with van der Waals surface area (Å²) >= 11 is 7.09. The van der Waals surface area contributed by atoms with Gasteiger partial charge in [-0.2, -0.15) is 4.68 Å². The molecule has 0 atom stereocenters. The van der Waals surface area contributed by atoms with E-state index in [-0.39, 0.29) is 11.3 Å². The maximum absolute atomic E-state index is 12.3. The topological polar surface area (TPSA) is 111 Å². The van der Waals surface area contributed by atoms with Crippen LogP contribution in [0, 0.1) is 0 Å². The molecule has 0 aliphatic carbocycles. The predicted octanol–water partition coefficient (Wildman–Crippen LogP) is 3.22. The summed E-state index contributed by atoms with van der Waals surface area (Å²) in [6.45, 7) is 2.16. The lowest BCUT2D eigenvalue weighted by atomic mass is 10.1. The Balaban J connectivity index is 1.54. The molecule has 2 aromatic carbocycles. The number of aromatic nitrogens is 4. The van der Waals surface area contributed by atoms with Crippen molar-refractivity contribution in [2.45, 2.75) is 31.3 Å². The van der Waals surface area contributed by atoms with Crippen molar-refractivity contribution >= 4 is 35.2 Å². The zero-order chi connectivity index (χ0) is 22.9. The minimum Gasteiger partial charge on any atom is -0.496 e. The Hall–Kier alpha value is -3.11. The highest BCUT2D eigenvalue weighted by molar-refractivity contribution is 7.99. The number of halogens is 1. The molecule has 32 heavy (non-hydrogen) atoms. The number of rotatable bonds is 9. The van der Waals surface area contributed by atoms with Gasteiger partial charge in [0.05, 0.1) is 24.1 Å². The number of thioether (sulfide) groups is 1. The molecule has 0 fully saturated rings. The van der Waals surface area contributed by atoms with Crippen LogP contribution in [0.1, 0.15) is 35.7 Å². The first-order valence-electron chi connectivity index (χ1n) is 9.95. The number of nitrogens with zero attached hydrogens (tertiary/aromatic N) is 4. The van der Waals surface area contributed by atoms with Crippen LogP contribution in [0.5, 0.6) is 5.75 Å². The van der Waals surface area contributed by atoms with Crippen LogP contribution >= 0.6 is 23.4 Å². The number of nitrogens with one attached hydrogen (secondary N) is 2. The molecule has 0 saturated heterocycles. The summed E-state index contributed by atoms with van der Waals surface area (Å²) in [7, 11) is 1.44. The molecule has 0 aliphatic rings. The van der Waals surface area contributed by atoms with Gasteiger partial charge in [-0.3, -0.25) is 20.4 Å². The average Bonchev–Trinajstić information content (AvgIpc) is 3.28. The van der Waals surface area contributed by atoms with E-state index < -0.39 is 11.8 Å². The molecule has 11 heteroatoms. The van der Waals surface area contributed by atoms with E-state index in [1.807, 2.05) is 24.3 Å². The third-order valence-electron chi connectivity index (χ3n) is 4.49. The highest BCUT2D eigenvalue weighted by atomic mass is 35.5. The molecule has 1 heterocycles. The number of carbonyl (C=O) groups is 2. The van der Waals surface area contributed by atoms with Crippen molar-refractivity contribution in [3.8, 4) is 11.4 Å². The monoisotopic (exact) mass is 474 g/mol. The Morgan fingerprint density at radius 3 is 2.66 bits per heavy atom. The van der Waals surface area contributed by atoms with Gasteiger partial charge in [-0.15, -0.1) is 5.10 Å².